The van der Waals surface area contributed by atoms with Crippen molar-refractivity contribution >= 4 is 62.4 Å². The molecule has 1 fully saturated rings. The van der Waals surface area contributed by atoms with E-state index in [2.05, 4.69) is 10.6 Å². The number of phenols is 1. The van der Waals surface area contributed by atoms with Crippen molar-refractivity contribution in [1.82, 2.24) is 10.3 Å². The first-order valence-electron chi connectivity index (χ1n) is 21.4. The van der Waals surface area contributed by atoms with E-state index in [1.807, 2.05) is 4.90 Å². The van der Waals surface area contributed by atoms with Crippen LogP contribution in [0.25, 0.3) is 38.7 Å². The molecule has 0 radical (unpaired) electrons. The highest BCUT2D eigenvalue weighted by Crippen LogP contribution is 2.42. The molecule has 9 atom stereocenters. The molecule has 0 aliphatic carbocycles. The maximum atomic E-state index is 14.8. The van der Waals surface area contributed by atoms with Crippen LogP contribution in [-0.2, 0) is 19.1 Å². The molecule has 7 N–H and O–H groups in total. The molecule has 4 bridgehead atoms. The topological polar surface area (TPSA) is 250 Å². The highest BCUT2D eigenvalue weighted by Gasteiger charge is 2.44. The second-order valence-corrected chi connectivity index (χ2v) is 17.5. The molecule has 0 unspecified atom stereocenters. The summed E-state index contributed by atoms with van der Waals surface area (Å²) in [4.78, 5) is 60.4. The zero-order valence-electron chi connectivity index (χ0n) is 37.0. The molecule has 2 amide bonds. The SMILES string of the molecule is CO[C@H]1/C=C/O[C@@]2(C)Oc3c(C)c(O)c4c(=O)c(c5oc6cc(N7CCC(NC=O)CC7)cc(=O)c6nc5c4c3=C2O)NC(=O)/C(C)=C\C=C\[C@H](C)[C@H](O)[C@@H](C)[C@@H](O)[C@@H](C)[C@H](O)[C@@H]1C. The fraction of sp³-hybridized carbons (Fsp3) is 0.468. The van der Waals surface area contributed by atoms with Crippen molar-refractivity contribution in [1.29, 1.82) is 0 Å². The minimum absolute atomic E-state index is 0.00943. The summed E-state index contributed by atoms with van der Waals surface area (Å²) in [7, 11) is 1.44. The van der Waals surface area contributed by atoms with E-state index in [0.29, 0.717) is 38.0 Å². The van der Waals surface area contributed by atoms with E-state index in [4.69, 9.17) is 23.6 Å². The number of aliphatic hydroxyl groups is 4. The van der Waals surface area contributed by atoms with Crippen LogP contribution in [0.1, 0.15) is 59.9 Å². The number of nitrogens with zero attached hydrogens (tertiary/aromatic N) is 2. The lowest BCUT2D eigenvalue weighted by molar-refractivity contribution is -0.113. The van der Waals surface area contributed by atoms with Crippen molar-refractivity contribution in [2.45, 2.75) is 97.6 Å². The third-order valence-corrected chi connectivity index (χ3v) is 13.3. The second-order valence-electron chi connectivity index (χ2n) is 17.5. The van der Waals surface area contributed by atoms with Crippen LogP contribution in [0.2, 0.25) is 0 Å². The maximum Gasteiger partial charge on any atom is 0.307 e. The van der Waals surface area contributed by atoms with Gasteiger partial charge in [0.1, 0.15) is 22.7 Å². The number of aliphatic hydroxyl groups excluding tert-OH is 4. The molecule has 0 spiro atoms. The maximum absolute atomic E-state index is 14.8. The fourth-order valence-electron chi connectivity index (χ4n) is 9.07. The van der Waals surface area contributed by atoms with Gasteiger partial charge >= 0.3 is 5.79 Å². The summed E-state index contributed by atoms with van der Waals surface area (Å²) in [6.07, 6.45) is 5.29. The number of fused-ring (bicyclic) bond motifs is 2. The summed E-state index contributed by atoms with van der Waals surface area (Å²) in [5.41, 5.74) is -1.68. The van der Waals surface area contributed by atoms with Crippen molar-refractivity contribution < 1.29 is 53.7 Å². The Hall–Kier alpha value is -6.01. The number of phenolic OH excluding ortho intramolecular Hbond substituents is 1. The van der Waals surface area contributed by atoms with Crippen LogP contribution in [0.3, 0.4) is 0 Å². The van der Waals surface area contributed by atoms with Crippen molar-refractivity contribution in [3.63, 3.8) is 0 Å². The summed E-state index contributed by atoms with van der Waals surface area (Å²) in [6.45, 7) is 12.3. The number of methoxy groups -OCH3 is 1. The number of aromatic hydroxyl groups is 1. The Morgan fingerprint density at radius 1 is 0.938 bits per heavy atom. The first-order valence-corrected chi connectivity index (χ1v) is 21.4. The second kappa shape index (κ2) is 17.9. The minimum atomic E-state index is -1.97. The van der Waals surface area contributed by atoms with Gasteiger partial charge in [-0.1, -0.05) is 45.9 Å². The number of hydrogen-bond donors (Lipinski definition) is 7. The molecule has 0 saturated carbocycles. The number of allylic oxidation sites excluding steroid dienone is 2. The quantitative estimate of drug-likeness (QED) is 0.0877. The molecule has 4 heterocycles. The van der Waals surface area contributed by atoms with E-state index in [1.54, 1.807) is 45.9 Å². The Morgan fingerprint density at radius 2 is 1.61 bits per heavy atom. The number of nitrogens with one attached hydrogen (secondary N) is 2. The molecule has 3 aromatic carbocycles. The van der Waals surface area contributed by atoms with Crippen molar-refractivity contribution in [2.24, 2.45) is 23.7 Å². The van der Waals surface area contributed by atoms with Crippen LogP contribution < -0.4 is 36.3 Å². The third-order valence-electron chi connectivity index (χ3n) is 13.3. The van der Waals surface area contributed by atoms with E-state index in [-0.39, 0.29) is 61.1 Å². The van der Waals surface area contributed by atoms with Crippen LogP contribution in [-0.4, -0.2) is 99.3 Å². The minimum Gasteiger partial charge on any atom is -0.507 e. The Balaban J connectivity index is 1.47. The van der Waals surface area contributed by atoms with Gasteiger partial charge in [0.2, 0.25) is 17.3 Å². The van der Waals surface area contributed by atoms with Gasteiger partial charge in [-0.2, -0.15) is 0 Å². The van der Waals surface area contributed by atoms with Gasteiger partial charge in [-0.15, -0.1) is 0 Å². The predicted molar refractivity (Wildman–Crippen MR) is 240 cm³/mol. The van der Waals surface area contributed by atoms with Gasteiger partial charge in [-0.25, -0.2) is 4.98 Å². The molecule has 7 rings (SSSR count). The fourth-order valence-corrected chi connectivity index (χ4v) is 9.07. The number of rotatable bonds is 4. The first-order chi connectivity index (χ1) is 30.3. The molecule has 1 saturated heterocycles. The average molecular weight is 885 g/mol. The van der Waals surface area contributed by atoms with Gasteiger partial charge in [-0.3, -0.25) is 19.2 Å². The van der Waals surface area contributed by atoms with E-state index in [0.717, 1.165) is 0 Å². The average Bonchev–Trinajstić information content (AvgIpc) is 3.54. The lowest BCUT2D eigenvalue weighted by Gasteiger charge is -2.36. The number of aromatic nitrogens is 1. The monoisotopic (exact) mass is 884 g/mol. The predicted octanol–water partition coefficient (Wildman–Crippen LogP) is 3.70. The van der Waals surface area contributed by atoms with E-state index in [1.165, 1.54) is 52.4 Å². The Bertz CT molecular complexity index is 2780. The number of carbonyl (C=O) groups excluding carboxylic acids is 2. The molecular formula is C47H56N4O13. The number of benzene rings is 3. The standard InChI is InChI=1S/C47H56N4O13/c1-21-10-9-11-22(2)46(60)50-37-42(58)33-32(36-44(37)63-31-19-28(18-29(53)35(31)49-36)51-15-12-27(13-16-51)48-20-52)34-43(26(6)41(33)57)64-47(7,45(34)59)62-17-14-30(61-8)23(3)39(55)25(5)40(56)24(4)38(21)54/h9-11,14,17-21,23-25,27,30,38-40,54-57,59H,12-13,15-16H2,1-8H3,(H,48,52)(H,50,60)/b10-9+,17-14+,22-11-/t21-,23+,24+,25-,30-,38-,39+,40+,47-/m0/s1. The molecule has 1 aromatic heterocycles. The summed E-state index contributed by atoms with van der Waals surface area (Å²) in [5, 5.41) is 62.8. The van der Waals surface area contributed by atoms with Gasteiger partial charge in [0, 0.05) is 91.2 Å². The zero-order chi connectivity index (χ0) is 46.5. The normalized spacial score (nSPS) is 30.5. The highest BCUT2D eigenvalue weighted by molar-refractivity contribution is 6.16. The highest BCUT2D eigenvalue weighted by atomic mass is 16.7. The largest absolute Gasteiger partial charge is 0.507 e. The van der Waals surface area contributed by atoms with E-state index >= 15 is 0 Å². The van der Waals surface area contributed by atoms with Gasteiger partial charge in [0.05, 0.1) is 41.3 Å². The summed E-state index contributed by atoms with van der Waals surface area (Å²) >= 11 is 0. The Labute approximate surface area is 368 Å². The molecular weight excluding hydrogens is 829 g/mol. The zero-order valence-corrected chi connectivity index (χ0v) is 37.0. The number of anilines is 2. The first kappa shape index (κ1) is 46.0. The molecule has 4 aromatic rings. The van der Waals surface area contributed by atoms with Crippen molar-refractivity contribution in [3.05, 3.63) is 79.5 Å². The van der Waals surface area contributed by atoms with Gasteiger partial charge < -0.3 is 59.7 Å². The lowest BCUT2D eigenvalue weighted by atomic mass is 9.78. The van der Waals surface area contributed by atoms with Crippen LogP contribution in [0, 0.1) is 30.6 Å². The molecule has 17 nitrogen and oxygen atoms in total. The van der Waals surface area contributed by atoms with Crippen LogP contribution >= 0.6 is 0 Å². The van der Waals surface area contributed by atoms with Gasteiger partial charge in [-0.05, 0) is 32.8 Å². The smallest absolute Gasteiger partial charge is 0.307 e. The lowest BCUT2D eigenvalue weighted by Crippen LogP contribution is -2.44. The Morgan fingerprint density at radius 3 is 2.28 bits per heavy atom. The number of hydrogen-bond acceptors (Lipinski definition) is 15. The van der Waals surface area contributed by atoms with Crippen LogP contribution in [0.4, 0.5) is 11.4 Å². The van der Waals surface area contributed by atoms with Gasteiger partial charge in [0.25, 0.3) is 5.91 Å². The summed E-state index contributed by atoms with van der Waals surface area (Å²) < 4.78 is 24.4. The molecule has 342 valence electrons. The Kier molecular flexibility index (Phi) is 12.8. The third kappa shape index (κ3) is 8.05. The van der Waals surface area contributed by atoms with E-state index in [9.17, 15) is 44.7 Å². The number of ether oxygens (including phenoxy) is 3. The van der Waals surface area contributed by atoms with Crippen molar-refractivity contribution in [2.75, 3.05) is 30.4 Å². The summed E-state index contributed by atoms with van der Waals surface area (Å²) in [5.74, 6) is -6.34. The van der Waals surface area contributed by atoms with Crippen molar-refractivity contribution in [3.8, 4) is 11.5 Å². The van der Waals surface area contributed by atoms with Crippen LogP contribution in [0.15, 0.2) is 62.3 Å². The van der Waals surface area contributed by atoms with E-state index < -0.39 is 87.8 Å². The molecule has 3 aliphatic rings. The van der Waals surface area contributed by atoms with Crippen LogP contribution in [0.5, 0.6) is 11.5 Å². The molecule has 17 heteroatoms. The molecule has 64 heavy (non-hydrogen) atoms. The molecule has 3 aliphatic heterocycles. The summed E-state index contributed by atoms with van der Waals surface area (Å²) in [6, 6.07) is 3.00. The van der Waals surface area contributed by atoms with Gasteiger partial charge in [0.15, 0.2) is 22.4 Å². The number of carbonyl (C=O) groups is 2. The number of amides is 2. The number of piperidine rings is 1.